The molecule has 0 radical (unpaired) electrons. The molecule has 0 amide bonds. The van der Waals surface area contributed by atoms with Gasteiger partial charge in [0.1, 0.15) is 5.75 Å². The first-order valence-corrected chi connectivity index (χ1v) is 6.96. The molecule has 1 aliphatic carbocycles. The van der Waals surface area contributed by atoms with Gasteiger partial charge in [0.15, 0.2) is 0 Å². The predicted octanol–water partition coefficient (Wildman–Crippen LogP) is 3.99. The van der Waals surface area contributed by atoms with E-state index < -0.39 is 11.7 Å². The lowest BCUT2D eigenvalue weighted by atomic mass is 9.75. The zero-order chi connectivity index (χ0) is 14.6. The van der Waals surface area contributed by atoms with E-state index in [0.717, 1.165) is 31.7 Å². The second-order valence-electron chi connectivity index (χ2n) is 5.55. The SMILES string of the molecule is NCC1(COc2ccccc2C(F)(F)F)CCCCC1. The molecule has 2 rings (SSSR count). The molecule has 5 heteroatoms. The van der Waals surface area contributed by atoms with Crippen LogP contribution in [0.3, 0.4) is 0 Å². The van der Waals surface area contributed by atoms with Gasteiger partial charge in [-0.05, 0) is 25.0 Å². The van der Waals surface area contributed by atoms with Crippen LogP contribution in [0, 0.1) is 5.41 Å². The van der Waals surface area contributed by atoms with Crippen LogP contribution in [0.1, 0.15) is 37.7 Å². The van der Waals surface area contributed by atoms with Gasteiger partial charge in [-0.1, -0.05) is 31.4 Å². The summed E-state index contributed by atoms with van der Waals surface area (Å²) in [6, 6.07) is 5.34. The number of ether oxygens (including phenoxy) is 1. The van der Waals surface area contributed by atoms with Crippen molar-refractivity contribution < 1.29 is 17.9 Å². The number of hydrogen-bond acceptors (Lipinski definition) is 2. The Morgan fingerprint density at radius 2 is 1.75 bits per heavy atom. The Bertz CT molecular complexity index is 439. The van der Waals surface area contributed by atoms with E-state index in [9.17, 15) is 13.2 Å². The lowest BCUT2D eigenvalue weighted by Gasteiger charge is -2.36. The Kier molecular flexibility index (Phi) is 4.58. The highest BCUT2D eigenvalue weighted by Crippen LogP contribution is 2.39. The van der Waals surface area contributed by atoms with Gasteiger partial charge in [0.2, 0.25) is 0 Å². The van der Waals surface area contributed by atoms with Gasteiger partial charge in [0.25, 0.3) is 0 Å². The first-order valence-electron chi connectivity index (χ1n) is 6.96. The Balaban J connectivity index is 2.10. The zero-order valence-corrected chi connectivity index (χ0v) is 11.4. The number of rotatable bonds is 4. The van der Waals surface area contributed by atoms with Crippen molar-refractivity contribution in [2.24, 2.45) is 11.1 Å². The van der Waals surface area contributed by atoms with E-state index in [4.69, 9.17) is 10.5 Å². The standard InChI is InChI=1S/C15H20F3NO/c16-15(17,18)12-6-2-3-7-13(12)20-11-14(10-19)8-4-1-5-9-14/h2-3,6-7H,1,4-5,8-11,19H2. The van der Waals surface area contributed by atoms with Gasteiger partial charge in [-0.25, -0.2) is 0 Å². The summed E-state index contributed by atoms with van der Waals surface area (Å²) in [5.74, 6) is -0.0987. The van der Waals surface area contributed by atoms with Crippen LogP contribution in [0.4, 0.5) is 13.2 Å². The molecule has 1 aromatic rings. The van der Waals surface area contributed by atoms with E-state index in [1.54, 1.807) is 6.07 Å². The van der Waals surface area contributed by atoms with Crippen molar-refractivity contribution in [2.75, 3.05) is 13.2 Å². The van der Waals surface area contributed by atoms with E-state index in [-0.39, 0.29) is 17.8 Å². The molecule has 2 N–H and O–H groups in total. The average Bonchev–Trinajstić information content (AvgIpc) is 2.45. The maximum Gasteiger partial charge on any atom is 0.419 e. The maximum absolute atomic E-state index is 12.9. The molecule has 0 heterocycles. The van der Waals surface area contributed by atoms with Crippen LogP contribution >= 0.6 is 0 Å². The maximum atomic E-state index is 12.9. The molecule has 0 spiro atoms. The Morgan fingerprint density at radius 3 is 2.35 bits per heavy atom. The summed E-state index contributed by atoms with van der Waals surface area (Å²) in [4.78, 5) is 0. The molecule has 0 aliphatic heterocycles. The van der Waals surface area contributed by atoms with Crippen LogP contribution in [0.5, 0.6) is 5.75 Å². The quantitative estimate of drug-likeness (QED) is 0.908. The second-order valence-corrected chi connectivity index (χ2v) is 5.55. The molecule has 112 valence electrons. The summed E-state index contributed by atoms with van der Waals surface area (Å²) in [5, 5.41) is 0. The fourth-order valence-electron chi connectivity index (χ4n) is 2.77. The van der Waals surface area contributed by atoms with Crippen LogP contribution in [-0.4, -0.2) is 13.2 Å². The minimum absolute atomic E-state index is 0.0987. The highest BCUT2D eigenvalue weighted by atomic mass is 19.4. The first kappa shape index (κ1) is 15.2. The zero-order valence-electron chi connectivity index (χ0n) is 11.4. The minimum atomic E-state index is -4.39. The van der Waals surface area contributed by atoms with Crippen LogP contribution < -0.4 is 10.5 Å². The Hall–Kier alpha value is -1.23. The molecular formula is C15H20F3NO. The molecule has 0 atom stereocenters. The first-order chi connectivity index (χ1) is 9.47. The molecule has 0 saturated heterocycles. The van der Waals surface area contributed by atoms with Crippen molar-refractivity contribution in [1.82, 2.24) is 0 Å². The van der Waals surface area contributed by atoms with Gasteiger partial charge in [-0.3, -0.25) is 0 Å². The van der Waals surface area contributed by atoms with Gasteiger partial charge in [-0.2, -0.15) is 13.2 Å². The van der Waals surface area contributed by atoms with E-state index in [0.29, 0.717) is 6.54 Å². The molecule has 1 aliphatic rings. The molecule has 1 fully saturated rings. The Morgan fingerprint density at radius 1 is 1.10 bits per heavy atom. The van der Waals surface area contributed by atoms with Crippen molar-refractivity contribution in [2.45, 2.75) is 38.3 Å². The monoisotopic (exact) mass is 287 g/mol. The van der Waals surface area contributed by atoms with Gasteiger partial charge < -0.3 is 10.5 Å². The van der Waals surface area contributed by atoms with Crippen molar-refractivity contribution in [3.63, 3.8) is 0 Å². The second kappa shape index (κ2) is 6.04. The van der Waals surface area contributed by atoms with Gasteiger partial charge in [0, 0.05) is 12.0 Å². The highest BCUT2D eigenvalue weighted by Gasteiger charge is 2.36. The van der Waals surface area contributed by atoms with E-state index >= 15 is 0 Å². The van der Waals surface area contributed by atoms with Crippen molar-refractivity contribution >= 4 is 0 Å². The topological polar surface area (TPSA) is 35.2 Å². The molecule has 1 saturated carbocycles. The summed E-state index contributed by atoms with van der Waals surface area (Å²) in [6.45, 7) is 0.720. The number of alkyl halides is 3. The summed E-state index contributed by atoms with van der Waals surface area (Å²) >= 11 is 0. The van der Waals surface area contributed by atoms with Crippen molar-refractivity contribution in [3.05, 3.63) is 29.8 Å². The van der Waals surface area contributed by atoms with E-state index in [1.165, 1.54) is 18.6 Å². The normalized spacial score (nSPS) is 18.8. The largest absolute Gasteiger partial charge is 0.492 e. The highest BCUT2D eigenvalue weighted by molar-refractivity contribution is 5.35. The van der Waals surface area contributed by atoms with Crippen LogP contribution in [0.25, 0.3) is 0 Å². The average molecular weight is 287 g/mol. The van der Waals surface area contributed by atoms with Crippen LogP contribution in [-0.2, 0) is 6.18 Å². The molecule has 1 aromatic carbocycles. The predicted molar refractivity (Wildman–Crippen MR) is 71.5 cm³/mol. The summed E-state index contributed by atoms with van der Waals surface area (Å²) < 4.78 is 44.2. The number of para-hydroxylation sites is 1. The third kappa shape index (κ3) is 3.45. The van der Waals surface area contributed by atoms with Gasteiger partial charge in [0.05, 0.1) is 12.2 Å². The third-order valence-electron chi connectivity index (χ3n) is 4.07. The fourth-order valence-corrected chi connectivity index (χ4v) is 2.77. The van der Waals surface area contributed by atoms with Crippen molar-refractivity contribution in [1.29, 1.82) is 0 Å². The van der Waals surface area contributed by atoms with Crippen LogP contribution in [0.15, 0.2) is 24.3 Å². The summed E-state index contributed by atoms with van der Waals surface area (Å²) in [5.41, 5.74) is 4.93. The molecule has 2 nitrogen and oxygen atoms in total. The molecular weight excluding hydrogens is 267 g/mol. The molecule has 0 aromatic heterocycles. The Labute approximate surface area is 117 Å². The number of halogens is 3. The smallest absolute Gasteiger partial charge is 0.419 e. The summed E-state index contributed by atoms with van der Waals surface area (Å²) in [7, 11) is 0. The molecule has 20 heavy (non-hydrogen) atoms. The number of nitrogens with two attached hydrogens (primary N) is 1. The van der Waals surface area contributed by atoms with E-state index in [1.807, 2.05) is 0 Å². The molecule has 0 bridgehead atoms. The number of benzene rings is 1. The van der Waals surface area contributed by atoms with Gasteiger partial charge in [-0.15, -0.1) is 0 Å². The third-order valence-corrected chi connectivity index (χ3v) is 4.07. The van der Waals surface area contributed by atoms with Crippen LogP contribution in [0.2, 0.25) is 0 Å². The van der Waals surface area contributed by atoms with E-state index in [2.05, 4.69) is 0 Å². The summed E-state index contributed by atoms with van der Waals surface area (Å²) in [6.07, 6.45) is 0.776. The molecule has 0 unspecified atom stereocenters. The van der Waals surface area contributed by atoms with Gasteiger partial charge >= 0.3 is 6.18 Å². The lowest BCUT2D eigenvalue weighted by Crippen LogP contribution is -2.38. The minimum Gasteiger partial charge on any atom is -0.492 e. The number of hydrogen-bond donors (Lipinski definition) is 1. The van der Waals surface area contributed by atoms with Crippen molar-refractivity contribution in [3.8, 4) is 5.75 Å². The fraction of sp³-hybridized carbons (Fsp3) is 0.600. The lowest BCUT2D eigenvalue weighted by molar-refractivity contribution is -0.139.